The molecule has 5 nitrogen and oxygen atoms in total. The summed E-state index contributed by atoms with van der Waals surface area (Å²) in [6.07, 6.45) is 1.40. The highest BCUT2D eigenvalue weighted by atomic mass is 32.2. The zero-order chi connectivity index (χ0) is 13.8. The van der Waals surface area contributed by atoms with Crippen LogP contribution in [0.25, 0.3) is 0 Å². The number of hydrogen-bond donors (Lipinski definition) is 1. The second-order valence-electron chi connectivity index (χ2n) is 3.82. The van der Waals surface area contributed by atoms with Gasteiger partial charge in [-0.1, -0.05) is 13.8 Å². The van der Waals surface area contributed by atoms with Crippen LogP contribution in [0.4, 0.5) is 0 Å². The van der Waals surface area contributed by atoms with E-state index < -0.39 is 16.0 Å². The fourth-order valence-corrected chi connectivity index (χ4v) is 4.50. The van der Waals surface area contributed by atoms with E-state index in [1.165, 1.54) is 15.8 Å². The average Bonchev–Trinajstić information content (AvgIpc) is 2.78. The Morgan fingerprint density at radius 1 is 1.33 bits per heavy atom. The molecule has 1 aromatic rings. The van der Waals surface area contributed by atoms with Crippen molar-refractivity contribution >= 4 is 27.3 Å². The topological polar surface area (TPSA) is 74.7 Å². The number of sulfonamides is 1. The lowest BCUT2D eigenvalue weighted by atomic mass is 10.4. The van der Waals surface area contributed by atoms with Gasteiger partial charge in [0, 0.05) is 13.1 Å². The Balaban J connectivity index is 3.18. The molecule has 0 atom stereocenters. The van der Waals surface area contributed by atoms with Crippen molar-refractivity contribution in [2.24, 2.45) is 0 Å². The molecule has 0 aromatic carbocycles. The van der Waals surface area contributed by atoms with Gasteiger partial charge in [-0.05, 0) is 24.3 Å². The minimum Gasteiger partial charge on any atom is -0.477 e. The molecule has 0 spiro atoms. The SMILES string of the molecule is CCCN(CCC)S(=O)(=O)c1ccsc1C(=O)O. The van der Waals surface area contributed by atoms with Crippen molar-refractivity contribution in [1.82, 2.24) is 4.31 Å². The van der Waals surface area contributed by atoms with Crippen LogP contribution < -0.4 is 0 Å². The van der Waals surface area contributed by atoms with E-state index in [-0.39, 0.29) is 9.77 Å². The summed E-state index contributed by atoms with van der Waals surface area (Å²) < 4.78 is 26.1. The summed E-state index contributed by atoms with van der Waals surface area (Å²) in [6, 6.07) is 1.36. The second-order valence-corrected chi connectivity index (χ2v) is 6.65. The maximum absolute atomic E-state index is 12.4. The fraction of sp³-hybridized carbons (Fsp3) is 0.545. The molecular formula is C11H17NO4S2. The number of carboxylic acids is 1. The Morgan fingerprint density at radius 2 is 1.89 bits per heavy atom. The molecule has 0 aliphatic rings. The van der Waals surface area contributed by atoms with E-state index in [9.17, 15) is 13.2 Å². The monoisotopic (exact) mass is 291 g/mol. The molecule has 1 aromatic heterocycles. The van der Waals surface area contributed by atoms with Gasteiger partial charge in [0.1, 0.15) is 9.77 Å². The summed E-state index contributed by atoms with van der Waals surface area (Å²) in [5.74, 6) is -1.20. The normalized spacial score (nSPS) is 11.9. The van der Waals surface area contributed by atoms with E-state index in [0.29, 0.717) is 25.9 Å². The van der Waals surface area contributed by atoms with Crippen LogP contribution in [-0.2, 0) is 10.0 Å². The molecule has 0 saturated carbocycles. The Morgan fingerprint density at radius 3 is 2.33 bits per heavy atom. The molecule has 0 bridgehead atoms. The lowest BCUT2D eigenvalue weighted by Gasteiger charge is -2.20. The van der Waals surface area contributed by atoms with Gasteiger partial charge in [-0.25, -0.2) is 13.2 Å². The zero-order valence-corrected chi connectivity index (χ0v) is 12.1. The van der Waals surface area contributed by atoms with Crippen LogP contribution in [0, 0.1) is 0 Å². The Bertz CT molecular complexity index is 501. The Labute approximate surface area is 111 Å². The number of hydrogen-bond acceptors (Lipinski definition) is 4. The van der Waals surface area contributed by atoms with Crippen LogP contribution in [0.2, 0.25) is 0 Å². The molecule has 18 heavy (non-hydrogen) atoms. The van der Waals surface area contributed by atoms with Gasteiger partial charge < -0.3 is 5.11 Å². The third-order valence-electron chi connectivity index (χ3n) is 2.39. The fourth-order valence-electron chi connectivity index (χ4n) is 1.65. The summed E-state index contributed by atoms with van der Waals surface area (Å²) in [7, 11) is -3.69. The largest absolute Gasteiger partial charge is 0.477 e. The molecule has 0 unspecified atom stereocenters. The molecule has 0 radical (unpaired) electrons. The molecule has 7 heteroatoms. The summed E-state index contributed by atoms with van der Waals surface area (Å²) >= 11 is 0.933. The molecule has 102 valence electrons. The molecule has 0 aliphatic heterocycles. The first-order valence-electron chi connectivity index (χ1n) is 5.76. The highest BCUT2D eigenvalue weighted by molar-refractivity contribution is 7.89. The zero-order valence-electron chi connectivity index (χ0n) is 10.4. The molecule has 1 N–H and O–H groups in total. The van der Waals surface area contributed by atoms with Crippen LogP contribution in [0.3, 0.4) is 0 Å². The van der Waals surface area contributed by atoms with Gasteiger partial charge in [0.05, 0.1) is 0 Å². The maximum Gasteiger partial charge on any atom is 0.347 e. The Hall–Kier alpha value is -0.920. The molecule has 0 saturated heterocycles. The second kappa shape index (κ2) is 6.31. The lowest BCUT2D eigenvalue weighted by Crippen LogP contribution is -2.33. The third-order valence-corrected chi connectivity index (χ3v) is 5.36. The number of rotatable bonds is 7. The van der Waals surface area contributed by atoms with Crippen molar-refractivity contribution in [2.45, 2.75) is 31.6 Å². The molecular weight excluding hydrogens is 274 g/mol. The van der Waals surface area contributed by atoms with E-state index in [2.05, 4.69) is 0 Å². The van der Waals surface area contributed by atoms with Crippen molar-refractivity contribution in [2.75, 3.05) is 13.1 Å². The van der Waals surface area contributed by atoms with Gasteiger partial charge >= 0.3 is 5.97 Å². The highest BCUT2D eigenvalue weighted by Crippen LogP contribution is 2.25. The van der Waals surface area contributed by atoms with Crippen LogP contribution in [-0.4, -0.2) is 36.9 Å². The number of carbonyl (C=O) groups is 1. The number of carboxylic acid groups (broad SMARTS) is 1. The van der Waals surface area contributed by atoms with Crippen molar-refractivity contribution in [3.8, 4) is 0 Å². The van der Waals surface area contributed by atoms with E-state index >= 15 is 0 Å². The first kappa shape index (κ1) is 15.1. The van der Waals surface area contributed by atoms with Crippen molar-refractivity contribution in [3.05, 3.63) is 16.3 Å². The molecule has 1 rings (SSSR count). The summed E-state index contributed by atoms with van der Waals surface area (Å²) in [6.45, 7) is 4.60. The van der Waals surface area contributed by atoms with Crippen molar-refractivity contribution < 1.29 is 18.3 Å². The first-order chi connectivity index (χ1) is 8.45. The number of thiophene rings is 1. The predicted octanol–water partition coefficient (Wildman–Crippen LogP) is 2.26. The predicted molar refractivity (Wildman–Crippen MR) is 70.6 cm³/mol. The molecule has 0 aliphatic carbocycles. The maximum atomic E-state index is 12.4. The van der Waals surface area contributed by atoms with Gasteiger partial charge in [0.25, 0.3) is 0 Å². The minimum absolute atomic E-state index is 0.0955. The number of aromatic carboxylic acids is 1. The van der Waals surface area contributed by atoms with Crippen LogP contribution in [0.1, 0.15) is 36.4 Å². The lowest BCUT2D eigenvalue weighted by molar-refractivity contribution is 0.0698. The quantitative estimate of drug-likeness (QED) is 0.836. The standard InChI is InChI=1S/C11H17NO4S2/c1-3-6-12(7-4-2)18(15,16)9-5-8-17-10(9)11(13)14/h5,8H,3-4,6-7H2,1-2H3,(H,13,14). The molecule has 0 amide bonds. The number of nitrogens with zero attached hydrogens (tertiary/aromatic N) is 1. The smallest absolute Gasteiger partial charge is 0.347 e. The van der Waals surface area contributed by atoms with E-state index in [1.807, 2.05) is 13.8 Å². The summed E-state index contributed by atoms with van der Waals surface area (Å²) in [5, 5.41) is 10.5. The average molecular weight is 291 g/mol. The van der Waals surface area contributed by atoms with Crippen LogP contribution in [0.15, 0.2) is 16.3 Å². The van der Waals surface area contributed by atoms with Crippen LogP contribution in [0.5, 0.6) is 0 Å². The van der Waals surface area contributed by atoms with E-state index in [4.69, 9.17) is 5.11 Å². The summed E-state index contributed by atoms with van der Waals surface area (Å²) in [5.41, 5.74) is 0. The van der Waals surface area contributed by atoms with E-state index in [0.717, 1.165) is 11.3 Å². The summed E-state index contributed by atoms with van der Waals surface area (Å²) in [4.78, 5) is 10.8. The van der Waals surface area contributed by atoms with Gasteiger partial charge in [0.2, 0.25) is 10.0 Å². The first-order valence-corrected chi connectivity index (χ1v) is 8.08. The minimum atomic E-state index is -3.69. The molecule has 0 fully saturated rings. The molecule has 1 heterocycles. The van der Waals surface area contributed by atoms with Gasteiger partial charge in [-0.2, -0.15) is 4.31 Å². The van der Waals surface area contributed by atoms with Gasteiger partial charge in [0.15, 0.2) is 0 Å². The Kier molecular flexibility index (Phi) is 5.30. The third kappa shape index (κ3) is 3.09. The van der Waals surface area contributed by atoms with Crippen LogP contribution >= 0.6 is 11.3 Å². The van der Waals surface area contributed by atoms with Crippen molar-refractivity contribution in [1.29, 1.82) is 0 Å². The van der Waals surface area contributed by atoms with Crippen molar-refractivity contribution in [3.63, 3.8) is 0 Å². The highest BCUT2D eigenvalue weighted by Gasteiger charge is 2.29. The van der Waals surface area contributed by atoms with Gasteiger partial charge in [-0.15, -0.1) is 11.3 Å². The van der Waals surface area contributed by atoms with Gasteiger partial charge in [-0.3, -0.25) is 0 Å². The van der Waals surface area contributed by atoms with E-state index in [1.54, 1.807) is 0 Å².